The Hall–Kier alpha value is -1.06. The van der Waals surface area contributed by atoms with E-state index in [1.807, 2.05) is 12.1 Å². The minimum atomic E-state index is 0.222. The number of nitrogens with one attached hydrogen (secondary N) is 1. The zero-order chi connectivity index (χ0) is 12.0. The van der Waals surface area contributed by atoms with Gasteiger partial charge in [-0.3, -0.25) is 0 Å². The molecule has 90 valence electrons. The first-order valence-electron chi connectivity index (χ1n) is 5.67. The van der Waals surface area contributed by atoms with E-state index < -0.39 is 0 Å². The van der Waals surface area contributed by atoms with Crippen LogP contribution in [0.1, 0.15) is 19.4 Å². The summed E-state index contributed by atoms with van der Waals surface area (Å²) in [6.07, 6.45) is 1.18. The zero-order valence-corrected chi connectivity index (χ0v) is 10.2. The summed E-state index contributed by atoms with van der Waals surface area (Å²) in [6, 6.07) is 7.68. The molecule has 1 aromatic rings. The van der Waals surface area contributed by atoms with E-state index in [1.165, 1.54) is 5.56 Å². The predicted octanol–water partition coefficient (Wildman–Crippen LogP) is 1.95. The second kappa shape index (κ2) is 6.51. The second-order valence-electron chi connectivity index (χ2n) is 4.10. The first-order valence-corrected chi connectivity index (χ1v) is 5.67. The lowest BCUT2D eigenvalue weighted by Gasteiger charge is -2.19. The normalized spacial score (nSPS) is 14.7. The van der Waals surface area contributed by atoms with Crippen molar-refractivity contribution in [2.24, 2.45) is 0 Å². The molecule has 0 aliphatic heterocycles. The van der Waals surface area contributed by atoms with Crippen molar-refractivity contribution in [3.05, 3.63) is 29.8 Å². The molecule has 0 aliphatic carbocycles. The Morgan fingerprint density at radius 2 is 1.88 bits per heavy atom. The Morgan fingerprint density at radius 1 is 1.25 bits per heavy atom. The summed E-state index contributed by atoms with van der Waals surface area (Å²) in [6.45, 7) is 5.09. The molecule has 3 nitrogen and oxygen atoms in total. The van der Waals surface area contributed by atoms with Crippen LogP contribution in [0.15, 0.2) is 24.3 Å². The average Bonchev–Trinajstić information content (AvgIpc) is 2.30. The maximum Gasteiger partial charge on any atom is 0.115 e. The van der Waals surface area contributed by atoms with Gasteiger partial charge in [0.25, 0.3) is 0 Å². The molecule has 0 aliphatic rings. The van der Waals surface area contributed by atoms with E-state index in [0.29, 0.717) is 11.8 Å². The van der Waals surface area contributed by atoms with Gasteiger partial charge in [0.1, 0.15) is 5.75 Å². The minimum absolute atomic E-state index is 0.222. The van der Waals surface area contributed by atoms with Crippen molar-refractivity contribution in [1.82, 2.24) is 5.32 Å². The molecule has 0 saturated carbocycles. The number of hydrogen-bond acceptors (Lipinski definition) is 3. The smallest absolute Gasteiger partial charge is 0.115 e. The van der Waals surface area contributed by atoms with Crippen LogP contribution >= 0.6 is 0 Å². The molecule has 0 spiro atoms. The summed E-state index contributed by atoms with van der Waals surface area (Å²) in [7, 11) is 1.73. The fraction of sp³-hybridized carbons (Fsp3) is 0.538. The van der Waals surface area contributed by atoms with Gasteiger partial charge in [-0.05, 0) is 44.5 Å². The first kappa shape index (κ1) is 13.0. The van der Waals surface area contributed by atoms with Crippen LogP contribution in [0, 0.1) is 0 Å². The van der Waals surface area contributed by atoms with Gasteiger partial charge in [0.15, 0.2) is 0 Å². The van der Waals surface area contributed by atoms with E-state index in [0.717, 1.165) is 13.0 Å². The second-order valence-corrected chi connectivity index (χ2v) is 4.10. The molecule has 0 bridgehead atoms. The van der Waals surface area contributed by atoms with Gasteiger partial charge >= 0.3 is 0 Å². The molecule has 2 N–H and O–H groups in total. The SMILES string of the molecule is COC(C)C(C)NCCc1ccc(O)cc1. The number of phenolic OH excluding ortho intramolecular Hbond substituents is 1. The van der Waals surface area contributed by atoms with Crippen LogP contribution in [0.4, 0.5) is 0 Å². The molecular formula is C13H21NO2. The molecule has 0 fully saturated rings. The molecule has 1 aromatic carbocycles. The Bertz CT molecular complexity index is 297. The third kappa shape index (κ3) is 4.21. The van der Waals surface area contributed by atoms with Gasteiger partial charge in [-0.2, -0.15) is 0 Å². The average molecular weight is 223 g/mol. The van der Waals surface area contributed by atoms with E-state index in [1.54, 1.807) is 19.2 Å². The monoisotopic (exact) mass is 223 g/mol. The van der Waals surface area contributed by atoms with Crippen LogP contribution in [-0.4, -0.2) is 30.9 Å². The third-order valence-electron chi connectivity index (χ3n) is 2.89. The van der Waals surface area contributed by atoms with Gasteiger partial charge in [0.05, 0.1) is 6.10 Å². The number of methoxy groups -OCH3 is 1. The highest BCUT2D eigenvalue weighted by molar-refractivity contribution is 5.25. The summed E-state index contributed by atoms with van der Waals surface area (Å²) >= 11 is 0. The van der Waals surface area contributed by atoms with Gasteiger partial charge < -0.3 is 15.2 Å². The molecule has 0 radical (unpaired) electrons. The van der Waals surface area contributed by atoms with Gasteiger partial charge in [-0.1, -0.05) is 12.1 Å². The lowest BCUT2D eigenvalue weighted by Crippen LogP contribution is -2.37. The third-order valence-corrected chi connectivity index (χ3v) is 2.89. The number of benzene rings is 1. The van der Waals surface area contributed by atoms with Crippen molar-refractivity contribution in [2.45, 2.75) is 32.4 Å². The number of aromatic hydroxyl groups is 1. The Morgan fingerprint density at radius 3 is 2.44 bits per heavy atom. The largest absolute Gasteiger partial charge is 0.508 e. The fourth-order valence-corrected chi connectivity index (χ4v) is 1.48. The van der Waals surface area contributed by atoms with Crippen LogP contribution in [0.25, 0.3) is 0 Å². The maximum absolute atomic E-state index is 9.14. The maximum atomic E-state index is 9.14. The van der Waals surface area contributed by atoms with Crippen LogP contribution in [0.2, 0.25) is 0 Å². The highest BCUT2D eigenvalue weighted by atomic mass is 16.5. The lowest BCUT2D eigenvalue weighted by atomic mass is 10.1. The molecular weight excluding hydrogens is 202 g/mol. The van der Waals surface area contributed by atoms with Crippen molar-refractivity contribution in [3.8, 4) is 5.75 Å². The molecule has 0 aromatic heterocycles. The van der Waals surface area contributed by atoms with E-state index in [2.05, 4.69) is 19.2 Å². The number of phenols is 1. The van der Waals surface area contributed by atoms with E-state index >= 15 is 0 Å². The van der Waals surface area contributed by atoms with Gasteiger partial charge in [-0.25, -0.2) is 0 Å². The lowest BCUT2D eigenvalue weighted by molar-refractivity contribution is 0.0890. The molecule has 0 saturated heterocycles. The van der Waals surface area contributed by atoms with Crippen molar-refractivity contribution in [2.75, 3.05) is 13.7 Å². The Kier molecular flexibility index (Phi) is 5.29. The van der Waals surface area contributed by atoms with E-state index in [9.17, 15) is 0 Å². The molecule has 1 rings (SSSR count). The molecule has 16 heavy (non-hydrogen) atoms. The van der Waals surface area contributed by atoms with Gasteiger partial charge in [0, 0.05) is 13.2 Å². The highest BCUT2D eigenvalue weighted by Gasteiger charge is 2.09. The summed E-state index contributed by atoms with van der Waals surface area (Å²) in [5.41, 5.74) is 1.22. The van der Waals surface area contributed by atoms with E-state index in [4.69, 9.17) is 9.84 Å². The Balaban J connectivity index is 2.27. The summed E-state index contributed by atoms with van der Waals surface area (Å²) in [5, 5.41) is 12.6. The van der Waals surface area contributed by atoms with Gasteiger partial charge in [-0.15, -0.1) is 0 Å². The molecule has 0 heterocycles. The molecule has 2 atom stereocenters. The van der Waals surface area contributed by atoms with Crippen molar-refractivity contribution < 1.29 is 9.84 Å². The van der Waals surface area contributed by atoms with Crippen LogP contribution in [-0.2, 0) is 11.2 Å². The minimum Gasteiger partial charge on any atom is -0.508 e. The Labute approximate surface area is 97.4 Å². The number of rotatable bonds is 6. The topological polar surface area (TPSA) is 41.5 Å². The quantitative estimate of drug-likeness (QED) is 0.774. The summed E-state index contributed by atoms with van der Waals surface area (Å²) in [5.74, 6) is 0.318. The van der Waals surface area contributed by atoms with Crippen LogP contribution < -0.4 is 5.32 Å². The predicted molar refractivity (Wildman–Crippen MR) is 65.7 cm³/mol. The summed E-state index contributed by atoms with van der Waals surface area (Å²) in [4.78, 5) is 0. The fourth-order valence-electron chi connectivity index (χ4n) is 1.48. The zero-order valence-electron chi connectivity index (χ0n) is 10.2. The van der Waals surface area contributed by atoms with Crippen LogP contribution in [0.5, 0.6) is 5.75 Å². The van der Waals surface area contributed by atoms with Crippen LogP contribution in [0.3, 0.4) is 0 Å². The van der Waals surface area contributed by atoms with Crippen molar-refractivity contribution in [1.29, 1.82) is 0 Å². The molecule has 3 heteroatoms. The van der Waals surface area contributed by atoms with Gasteiger partial charge in [0.2, 0.25) is 0 Å². The van der Waals surface area contributed by atoms with E-state index in [-0.39, 0.29) is 6.10 Å². The van der Waals surface area contributed by atoms with Crippen molar-refractivity contribution in [3.63, 3.8) is 0 Å². The van der Waals surface area contributed by atoms with Crippen molar-refractivity contribution >= 4 is 0 Å². The standard InChI is InChI=1S/C13H21NO2/c1-10(11(2)16-3)14-9-8-12-4-6-13(15)7-5-12/h4-7,10-11,14-15H,8-9H2,1-3H3. The number of hydrogen-bond donors (Lipinski definition) is 2. The molecule has 2 unspecified atom stereocenters. The summed E-state index contributed by atoms with van der Waals surface area (Å²) < 4.78 is 5.23. The molecule has 0 amide bonds. The highest BCUT2D eigenvalue weighted by Crippen LogP contribution is 2.09. The first-order chi connectivity index (χ1) is 7.63. The number of ether oxygens (including phenoxy) is 1.